The molecular formula is C21H31FIN3O2. The second-order valence-electron chi connectivity index (χ2n) is 7.86. The molecule has 28 heavy (non-hydrogen) atoms. The van der Waals surface area contributed by atoms with Crippen molar-refractivity contribution >= 4 is 29.9 Å². The first-order valence-electron chi connectivity index (χ1n) is 10.2. The Balaban J connectivity index is 0.00000225. The molecule has 1 saturated carbocycles. The van der Waals surface area contributed by atoms with E-state index in [4.69, 9.17) is 14.5 Å². The van der Waals surface area contributed by atoms with E-state index >= 15 is 0 Å². The number of hydrogen-bond donors (Lipinski definition) is 1. The van der Waals surface area contributed by atoms with Crippen molar-refractivity contribution in [3.8, 4) is 0 Å². The molecule has 2 saturated heterocycles. The van der Waals surface area contributed by atoms with E-state index in [1.807, 2.05) is 12.1 Å². The number of ether oxygens (including phenoxy) is 2. The summed E-state index contributed by atoms with van der Waals surface area (Å²) in [6, 6.07) is 6.93. The molecule has 2 heterocycles. The minimum absolute atomic E-state index is 0. The molecule has 2 atom stereocenters. The van der Waals surface area contributed by atoms with E-state index in [0.717, 1.165) is 64.4 Å². The summed E-state index contributed by atoms with van der Waals surface area (Å²) in [5.74, 6) is 0.775. The van der Waals surface area contributed by atoms with Crippen LogP contribution in [0.2, 0.25) is 0 Å². The first-order valence-corrected chi connectivity index (χ1v) is 10.2. The highest BCUT2D eigenvalue weighted by Gasteiger charge is 2.44. The Labute approximate surface area is 184 Å². The molecule has 4 rings (SSSR count). The maximum absolute atomic E-state index is 13.3. The van der Waals surface area contributed by atoms with Gasteiger partial charge in [-0.3, -0.25) is 4.99 Å². The van der Waals surface area contributed by atoms with E-state index in [1.165, 1.54) is 5.56 Å². The zero-order valence-corrected chi connectivity index (χ0v) is 18.9. The van der Waals surface area contributed by atoms with Crippen LogP contribution in [-0.2, 0) is 14.9 Å². The Kier molecular flexibility index (Phi) is 7.55. The highest BCUT2D eigenvalue weighted by Crippen LogP contribution is 2.48. The summed E-state index contributed by atoms with van der Waals surface area (Å²) in [5.41, 5.74) is 1.27. The lowest BCUT2D eigenvalue weighted by Crippen LogP contribution is -2.53. The summed E-state index contributed by atoms with van der Waals surface area (Å²) in [6.07, 6.45) is 4.77. The zero-order chi connectivity index (χ0) is 18.7. The number of benzene rings is 1. The molecule has 1 aromatic rings. The largest absolute Gasteiger partial charge is 0.375 e. The van der Waals surface area contributed by atoms with E-state index in [-0.39, 0.29) is 47.4 Å². The quantitative estimate of drug-likeness (QED) is 0.381. The first kappa shape index (κ1) is 21.8. The predicted octanol–water partition coefficient (Wildman–Crippen LogP) is 3.32. The van der Waals surface area contributed by atoms with Gasteiger partial charge in [0.2, 0.25) is 0 Å². The summed E-state index contributed by atoms with van der Waals surface area (Å²) in [6.45, 7) is 6.89. The highest BCUT2D eigenvalue weighted by molar-refractivity contribution is 14.0. The molecular weight excluding hydrogens is 472 g/mol. The van der Waals surface area contributed by atoms with E-state index in [9.17, 15) is 4.39 Å². The molecule has 0 radical (unpaired) electrons. The van der Waals surface area contributed by atoms with Crippen LogP contribution in [-0.4, -0.2) is 62.5 Å². The van der Waals surface area contributed by atoms with Gasteiger partial charge in [-0.1, -0.05) is 12.1 Å². The Morgan fingerprint density at radius 2 is 1.96 bits per heavy atom. The third-order valence-electron chi connectivity index (χ3n) is 5.95. The first-order chi connectivity index (χ1) is 13.2. The molecule has 1 aliphatic carbocycles. The third-order valence-corrected chi connectivity index (χ3v) is 5.95. The molecule has 3 fully saturated rings. The minimum Gasteiger partial charge on any atom is -0.375 e. The Bertz CT molecular complexity index is 660. The van der Waals surface area contributed by atoms with Crippen molar-refractivity contribution in [2.45, 2.75) is 50.2 Å². The Hall–Kier alpha value is -0.930. The van der Waals surface area contributed by atoms with Crippen molar-refractivity contribution in [2.24, 2.45) is 4.99 Å². The molecule has 0 aromatic heterocycles. The number of rotatable bonds is 5. The standard InChI is InChI=1S/C21H30FN3O2.HI/c1-2-23-20(25-11-13-27-19(14-25)18-4-3-12-26-18)24-15-21(9-10-21)16-5-7-17(22)8-6-16;/h5-8,18-19H,2-4,9-15H2,1H3,(H,23,24);1H. The van der Waals surface area contributed by atoms with Gasteiger partial charge in [0.1, 0.15) is 11.9 Å². The summed E-state index contributed by atoms with van der Waals surface area (Å²) >= 11 is 0. The maximum atomic E-state index is 13.3. The molecule has 7 heteroatoms. The normalized spacial score (nSPS) is 26.6. The lowest BCUT2D eigenvalue weighted by atomic mass is 9.96. The van der Waals surface area contributed by atoms with Gasteiger partial charge in [-0.05, 0) is 50.3 Å². The van der Waals surface area contributed by atoms with Crippen LogP contribution in [0.5, 0.6) is 0 Å². The van der Waals surface area contributed by atoms with Gasteiger partial charge in [-0.2, -0.15) is 0 Å². The number of halogens is 2. The van der Waals surface area contributed by atoms with Gasteiger partial charge in [0.25, 0.3) is 0 Å². The molecule has 3 aliphatic rings. The van der Waals surface area contributed by atoms with Gasteiger partial charge in [-0.15, -0.1) is 24.0 Å². The average Bonchev–Trinajstić information content (AvgIpc) is 3.28. The van der Waals surface area contributed by atoms with Crippen molar-refractivity contribution in [1.29, 1.82) is 0 Å². The smallest absolute Gasteiger partial charge is 0.194 e. The van der Waals surface area contributed by atoms with Gasteiger partial charge < -0.3 is 19.7 Å². The van der Waals surface area contributed by atoms with E-state index in [1.54, 1.807) is 12.1 Å². The van der Waals surface area contributed by atoms with Gasteiger partial charge in [0.15, 0.2) is 5.96 Å². The topological polar surface area (TPSA) is 46.1 Å². The lowest BCUT2D eigenvalue weighted by molar-refractivity contribution is -0.0817. The third kappa shape index (κ3) is 4.97. The molecule has 0 spiro atoms. The lowest BCUT2D eigenvalue weighted by Gasteiger charge is -2.37. The van der Waals surface area contributed by atoms with Crippen LogP contribution in [0.25, 0.3) is 0 Å². The van der Waals surface area contributed by atoms with Gasteiger partial charge in [-0.25, -0.2) is 4.39 Å². The molecule has 2 aliphatic heterocycles. The fraction of sp³-hybridized carbons (Fsp3) is 0.667. The summed E-state index contributed by atoms with van der Waals surface area (Å²) in [7, 11) is 0. The Morgan fingerprint density at radius 3 is 2.61 bits per heavy atom. The molecule has 0 bridgehead atoms. The number of guanidine groups is 1. The summed E-state index contributed by atoms with van der Waals surface area (Å²) in [4.78, 5) is 7.28. The van der Waals surface area contributed by atoms with E-state index < -0.39 is 0 Å². The molecule has 5 nitrogen and oxygen atoms in total. The van der Waals surface area contributed by atoms with Crippen LogP contribution in [0.3, 0.4) is 0 Å². The monoisotopic (exact) mass is 503 g/mol. The zero-order valence-electron chi connectivity index (χ0n) is 16.5. The highest BCUT2D eigenvalue weighted by atomic mass is 127. The molecule has 2 unspecified atom stereocenters. The van der Waals surface area contributed by atoms with Crippen molar-refractivity contribution < 1.29 is 13.9 Å². The second-order valence-corrected chi connectivity index (χ2v) is 7.86. The fourth-order valence-corrected chi connectivity index (χ4v) is 4.13. The minimum atomic E-state index is -0.181. The molecule has 1 N–H and O–H groups in total. The molecule has 1 aromatic carbocycles. The molecule has 156 valence electrons. The fourth-order valence-electron chi connectivity index (χ4n) is 4.13. The van der Waals surface area contributed by atoms with Crippen molar-refractivity contribution in [1.82, 2.24) is 10.2 Å². The summed E-state index contributed by atoms with van der Waals surface area (Å²) in [5, 5.41) is 3.44. The number of nitrogens with one attached hydrogen (secondary N) is 1. The van der Waals surface area contributed by atoms with Crippen LogP contribution < -0.4 is 5.32 Å². The SMILES string of the molecule is CCNC(=NCC1(c2ccc(F)cc2)CC1)N1CCOC(C2CCCO2)C1.I. The van der Waals surface area contributed by atoms with Crippen LogP contribution >= 0.6 is 24.0 Å². The van der Waals surface area contributed by atoms with Crippen molar-refractivity contribution in [2.75, 3.05) is 39.4 Å². The predicted molar refractivity (Wildman–Crippen MR) is 119 cm³/mol. The van der Waals surface area contributed by atoms with E-state index in [0.29, 0.717) is 6.61 Å². The van der Waals surface area contributed by atoms with Gasteiger partial charge in [0, 0.05) is 31.7 Å². The van der Waals surface area contributed by atoms with Crippen LogP contribution in [0, 0.1) is 5.82 Å². The Morgan fingerprint density at radius 1 is 1.21 bits per heavy atom. The number of hydrogen-bond acceptors (Lipinski definition) is 3. The second kappa shape index (κ2) is 9.71. The van der Waals surface area contributed by atoms with E-state index in [2.05, 4.69) is 17.1 Å². The maximum Gasteiger partial charge on any atom is 0.194 e. The van der Waals surface area contributed by atoms with Gasteiger partial charge >= 0.3 is 0 Å². The molecule has 0 amide bonds. The average molecular weight is 503 g/mol. The number of nitrogens with zero attached hydrogens (tertiary/aromatic N) is 2. The van der Waals surface area contributed by atoms with Gasteiger partial charge in [0.05, 0.1) is 19.3 Å². The van der Waals surface area contributed by atoms with Crippen molar-refractivity contribution in [3.05, 3.63) is 35.6 Å². The summed E-state index contributed by atoms with van der Waals surface area (Å²) < 4.78 is 25.1. The van der Waals surface area contributed by atoms with Crippen LogP contribution in [0.15, 0.2) is 29.3 Å². The number of morpholine rings is 1. The van der Waals surface area contributed by atoms with Crippen molar-refractivity contribution in [3.63, 3.8) is 0 Å². The number of aliphatic imine (C=N–C) groups is 1. The van der Waals surface area contributed by atoms with Crippen LogP contribution in [0.1, 0.15) is 38.2 Å². The van der Waals surface area contributed by atoms with Crippen LogP contribution in [0.4, 0.5) is 4.39 Å².